The van der Waals surface area contributed by atoms with E-state index in [-0.39, 0.29) is 12.3 Å². The third-order valence-electron chi connectivity index (χ3n) is 3.18. The topological polar surface area (TPSA) is 44.8 Å². The molecule has 0 unspecified atom stereocenters. The molecule has 1 aromatic carbocycles. The van der Waals surface area contributed by atoms with Crippen molar-refractivity contribution in [3.05, 3.63) is 35.4 Å². The molecule has 2 rings (SSSR count). The summed E-state index contributed by atoms with van der Waals surface area (Å²) in [4.78, 5) is 11.3. The minimum atomic E-state index is -0.306. The molecule has 0 aliphatic carbocycles. The summed E-state index contributed by atoms with van der Waals surface area (Å²) in [7, 11) is 1.38. The van der Waals surface area contributed by atoms with Crippen LogP contribution in [0.1, 0.15) is 29.3 Å². The second-order valence-electron chi connectivity index (χ2n) is 4.93. The average Bonchev–Trinajstić information content (AvgIpc) is 2.46. The predicted molar refractivity (Wildman–Crippen MR) is 71.0 cm³/mol. The highest BCUT2D eigenvalue weighted by Gasteiger charge is 2.18. The molecule has 1 fully saturated rings. The second-order valence-corrected chi connectivity index (χ2v) is 4.93. The minimum absolute atomic E-state index is 0.100. The summed E-state index contributed by atoms with van der Waals surface area (Å²) in [5.74, 6) is 0.176. The maximum absolute atomic E-state index is 11.3. The van der Waals surface area contributed by atoms with E-state index in [0.29, 0.717) is 11.5 Å². The van der Waals surface area contributed by atoms with E-state index in [9.17, 15) is 4.79 Å². The predicted octanol–water partition coefficient (Wildman–Crippen LogP) is 2.41. The standard InChI is InChI=1S/C15H20O4/c1-11-9-18-14(19-10-11)8-5-12-3-6-13(7-4-12)15(16)17-2/h3-4,6-7,11,14H,5,8-10H2,1-2H3. The van der Waals surface area contributed by atoms with Gasteiger partial charge < -0.3 is 14.2 Å². The number of carbonyl (C=O) groups is 1. The second kappa shape index (κ2) is 6.68. The molecule has 1 heterocycles. The summed E-state index contributed by atoms with van der Waals surface area (Å²) in [5, 5.41) is 0. The molecule has 1 aliphatic rings. The third-order valence-corrected chi connectivity index (χ3v) is 3.18. The van der Waals surface area contributed by atoms with Crippen LogP contribution in [0, 0.1) is 5.92 Å². The molecule has 0 bridgehead atoms. The highest BCUT2D eigenvalue weighted by Crippen LogP contribution is 2.16. The summed E-state index contributed by atoms with van der Waals surface area (Å²) in [5.41, 5.74) is 1.74. The number of ether oxygens (including phenoxy) is 3. The number of esters is 1. The van der Waals surface area contributed by atoms with Crippen molar-refractivity contribution in [1.82, 2.24) is 0 Å². The molecule has 0 amide bonds. The first-order chi connectivity index (χ1) is 9.19. The van der Waals surface area contributed by atoms with Gasteiger partial charge in [-0.25, -0.2) is 4.79 Å². The van der Waals surface area contributed by atoms with E-state index in [4.69, 9.17) is 9.47 Å². The zero-order valence-electron chi connectivity index (χ0n) is 11.4. The van der Waals surface area contributed by atoms with Crippen LogP contribution in [0.25, 0.3) is 0 Å². The Morgan fingerprint density at radius 1 is 1.26 bits per heavy atom. The summed E-state index contributed by atoms with van der Waals surface area (Å²) >= 11 is 0. The Balaban J connectivity index is 1.81. The molecule has 4 heteroatoms. The number of benzene rings is 1. The number of hydrogen-bond acceptors (Lipinski definition) is 4. The van der Waals surface area contributed by atoms with Gasteiger partial charge in [-0.2, -0.15) is 0 Å². The van der Waals surface area contributed by atoms with E-state index in [1.54, 1.807) is 12.1 Å². The summed E-state index contributed by atoms with van der Waals surface area (Å²) in [6.07, 6.45) is 1.61. The first-order valence-corrected chi connectivity index (χ1v) is 6.59. The SMILES string of the molecule is COC(=O)c1ccc(CCC2OCC(C)CO2)cc1. The molecule has 0 radical (unpaired) electrons. The Bertz CT molecular complexity index is 405. The van der Waals surface area contributed by atoms with Gasteiger partial charge in [0.2, 0.25) is 0 Å². The molecule has 0 saturated carbocycles. The lowest BCUT2D eigenvalue weighted by molar-refractivity contribution is -0.199. The minimum Gasteiger partial charge on any atom is -0.465 e. The fraction of sp³-hybridized carbons (Fsp3) is 0.533. The fourth-order valence-electron chi connectivity index (χ4n) is 2.02. The van der Waals surface area contributed by atoms with Gasteiger partial charge in [-0.3, -0.25) is 0 Å². The third kappa shape index (κ3) is 4.04. The van der Waals surface area contributed by atoms with Gasteiger partial charge in [-0.05, 0) is 24.1 Å². The van der Waals surface area contributed by atoms with Crippen molar-refractivity contribution in [1.29, 1.82) is 0 Å². The highest BCUT2D eigenvalue weighted by molar-refractivity contribution is 5.89. The number of rotatable bonds is 4. The van der Waals surface area contributed by atoms with E-state index < -0.39 is 0 Å². The molecule has 0 aromatic heterocycles. The van der Waals surface area contributed by atoms with Crippen molar-refractivity contribution in [2.24, 2.45) is 5.92 Å². The molecular weight excluding hydrogens is 244 g/mol. The number of methoxy groups -OCH3 is 1. The van der Waals surface area contributed by atoms with Crippen LogP contribution in [-0.2, 0) is 20.6 Å². The smallest absolute Gasteiger partial charge is 0.337 e. The molecular formula is C15H20O4. The lowest BCUT2D eigenvalue weighted by Crippen LogP contribution is -2.30. The highest BCUT2D eigenvalue weighted by atomic mass is 16.7. The molecule has 0 atom stereocenters. The number of hydrogen-bond donors (Lipinski definition) is 0. The molecule has 4 nitrogen and oxygen atoms in total. The van der Waals surface area contributed by atoms with Gasteiger partial charge in [0.1, 0.15) is 0 Å². The van der Waals surface area contributed by atoms with Crippen LogP contribution in [0.15, 0.2) is 24.3 Å². The van der Waals surface area contributed by atoms with Crippen LogP contribution in [-0.4, -0.2) is 32.6 Å². The molecule has 1 aromatic rings. The van der Waals surface area contributed by atoms with Crippen LogP contribution >= 0.6 is 0 Å². The molecule has 1 saturated heterocycles. The van der Waals surface area contributed by atoms with Gasteiger partial charge in [0.25, 0.3) is 0 Å². The quantitative estimate of drug-likeness (QED) is 0.783. The first kappa shape index (κ1) is 14.0. The average molecular weight is 264 g/mol. The first-order valence-electron chi connectivity index (χ1n) is 6.59. The monoisotopic (exact) mass is 264 g/mol. The van der Waals surface area contributed by atoms with Gasteiger partial charge in [-0.15, -0.1) is 0 Å². The number of carbonyl (C=O) groups excluding carboxylic acids is 1. The van der Waals surface area contributed by atoms with Gasteiger partial charge in [0.15, 0.2) is 6.29 Å². The van der Waals surface area contributed by atoms with Gasteiger partial charge in [0.05, 0.1) is 25.9 Å². The van der Waals surface area contributed by atoms with E-state index in [2.05, 4.69) is 11.7 Å². The van der Waals surface area contributed by atoms with Crippen molar-refractivity contribution >= 4 is 5.97 Å². The van der Waals surface area contributed by atoms with Crippen molar-refractivity contribution in [3.8, 4) is 0 Å². The summed E-state index contributed by atoms with van der Waals surface area (Å²) < 4.78 is 15.9. The van der Waals surface area contributed by atoms with Crippen molar-refractivity contribution in [3.63, 3.8) is 0 Å². The van der Waals surface area contributed by atoms with E-state index in [1.165, 1.54) is 12.7 Å². The van der Waals surface area contributed by atoms with Gasteiger partial charge in [0, 0.05) is 12.3 Å². The normalized spacial score (nSPS) is 23.1. The molecule has 104 valence electrons. The maximum atomic E-state index is 11.3. The summed E-state index contributed by atoms with van der Waals surface area (Å²) in [6.45, 7) is 3.65. The van der Waals surface area contributed by atoms with Crippen molar-refractivity contribution < 1.29 is 19.0 Å². The lowest BCUT2D eigenvalue weighted by Gasteiger charge is -2.27. The van der Waals surface area contributed by atoms with E-state index in [1.807, 2.05) is 12.1 Å². The van der Waals surface area contributed by atoms with E-state index >= 15 is 0 Å². The van der Waals surface area contributed by atoms with E-state index in [0.717, 1.165) is 26.1 Å². The molecule has 0 spiro atoms. The van der Waals surface area contributed by atoms with Crippen LogP contribution in [0.3, 0.4) is 0 Å². The molecule has 0 N–H and O–H groups in total. The zero-order valence-corrected chi connectivity index (χ0v) is 11.4. The van der Waals surface area contributed by atoms with Crippen molar-refractivity contribution in [2.45, 2.75) is 26.1 Å². The fourth-order valence-corrected chi connectivity index (χ4v) is 2.02. The Labute approximate surface area is 113 Å². The molecule has 19 heavy (non-hydrogen) atoms. The van der Waals surface area contributed by atoms with Crippen LogP contribution in [0.4, 0.5) is 0 Å². The number of aryl methyl sites for hydroxylation is 1. The molecule has 1 aliphatic heterocycles. The van der Waals surface area contributed by atoms with Crippen LogP contribution < -0.4 is 0 Å². The Morgan fingerprint density at radius 2 is 1.89 bits per heavy atom. The zero-order chi connectivity index (χ0) is 13.7. The Hall–Kier alpha value is -1.39. The summed E-state index contributed by atoms with van der Waals surface area (Å²) in [6, 6.07) is 7.45. The maximum Gasteiger partial charge on any atom is 0.337 e. The lowest BCUT2D eigenvalue weighted by atomic mass is 10.1. The Kier molecular flexibility index (Phi) is 4.93. The van der Waals surface area contributed by atoms with Crippen molar-refractivity contribution in [2.75, 3.05) is 20.3 Å². The van der Waals surface area contributed by atoms with Crippen LogP contribution in [0.2, 0.25) is 0 Å². The van der Waals surface area contributed by atoms with Crippen LogP contribution in [0.5, 0.6) is 0 Å². The Morgan fingerprint density at radius 3 is 2.47 bits per heavy atom. The largest absolute Gasteiger partial charge is 0.465 e. The van der Waals surface area contributed by atoms with Gasteiger partial charge >= 0.3 is 5.97 Å². The van der Waals surface area contributed by atoms with Gasteiger partial charge in [-0.1, -0.05) is 19.1 Å².